The molecular weight excluding hydrogens is 328 g/mol. The molecule has 1 aliphatic heterocycles. The first kappa shape index (κ1) is 19.5. The molecule has 1 heterocycles. The van der Waals surface area contributed by atoms with Crippen LogP contribution in [0.15, 0.2) is 51.9 Å². The minimum atomic E-state index is 0.0921. The third kappa shape index (κ3) is 5.89. The molecule has 0 radical (unpaired) electrons. The van der Waals surface area contributed by atoms with E-state index in [1.165, 1.54) is 11.8 Å². The normalized spacial score (nSPS) is 18.6. The highest BCUT2D eigenvalue weighted by Gasteiger charge is 2.32. The summed E-state index contributed by atoms with van der Waals surface area (Å²) in [5.41, 5.74) is 2.22. The summed E-state index contributed by atoms with van der Waals surface area (Å²) in [6.45, 7) is 7.89. The van der Waals surface area contributed by atoms with E-state index in [1.54, 1.807) is 0 Å². The standard InChI is InChI=1S/C21H28N2OS/c1-4-6-13-22-21-23(14-7-5-2)20(24)19(25-21)16-17(3)15-18-11-9-8-10-12-18/h8-12,15-16H,4-7,13-14H2,1-3H3. The molecule has 0 bridgehead atoms. The lowest BCUT2D eigenvalue weighted by Gasteiger charge is -2.14. The van der Waals surface area contributed by atoms with Gasteiger partial charge in [-0.15, -0.1) is 0 Å². The zero-order chi connectivity index (χ0) is 18.1. The SMILES string of the molecule is CCCCN=C1SC(=CC(C)=Cc2ccccc2)C(=O)N1CCCC. The summed E-state index contributed by atoms with van der Waals surface area (Å²) in [5, 5.41) is 0.866. The topological polar surface area (TPSA) is 32.7 Å². The van der Waals surface area contributed by atoms with E-state index in [-0.39, 0.29) is 5.91 Å². The highest BCUT2D eigenvalue weighted by molar-refractivity contribution is 8.18. The molecule has 0 N–H and O–H groups in total. The van der Waals surface area contributed by atoms with Gasteiger partial charge in [0.15, 0.2) is 5.17 Å². The maximum Gasteiger partial charge on any atom is 0.266 e. The number of aliphatic imine (C=N–C) groups is 1. The smallest absolute Gasteiger partial charge is 0.266 e. The van der Waals surface area contributed by atoms with E-state index >= 15 is 0 Å². The number of allylic oxidation sites excluding steroid dienone is 2. The fourth-order valence-corrected chi connectivity index (χ4v) is 3.61. The molecule has 25 heavy (non-hydrogen) atoms. The molecule has 0 saturated carbocycles. The molecule has 2 rings (SSSR count). The maximum absolute atomic E-state index is 12.8. The van der Waals surface area contributed by atoms with E-state index in [0.29, 0.717) is 0 Å². The Kier molecular flexibility index (Phi) is 7.99. The molecule has 3 nitrogen and oxygen atoms in total. The number of unbranched alkanes of at least 4 members (excludes halogenated alkanes) is 2. The van der Waals surface area contributed by atoms with E-state index < -0.39 is 0 Å². The van der Waals surface area contributed by atoms with Crippen LogP contribution >= 0.6 is 11.8 Å². The number of amides is 1. The van der Waals surface area contributed by atoms with E-state index in [2.05, 4.69) is 37.0 Å². The number of thioether (sulfide) groups is 1. The van der Waals surface area contributed by atoms with Crippen molar-refractivity contribution in [3.63, 3.8) is 0 Å². The number of benzene rings is 1. The molecule has 1 aromatic rings. The molecule has 0 unspecified atom stereocenters. The van der Waals surface area contributed by atoms with Crippen molar-refractivity contribution >= 4 is 28.9 Å². The number of carbonyl (C=O) groups excluding carboxylic acids is 1. The Hall–Kier alpha value is -1.81. The van der Waals surface area contributed by atoms with Crippen molar-refractivity contribution in [2.45, 2.75) is 46.5 Å². The molecule has 1 saturated heterocycles. The quantitative estimate of drug-likeness (QED) is 0.455. The molecule has 0 aliphatic carbocycles. The van der Waals surface area contributed by atoms with Crippen LogP contribution < -0.4 is 0 Å². The fraction of sp³-hybridized carbons (Fsp3) is 0.429. The molecule has 0 spiro atoms. The fourth-order valence-electron chi connectivity index (χ4n) is 2.53. The van der Waals surface area contributed by atoms with Crippen LogP contribution in [-0.4, -0.2) is 29.1 Å². The van der Waals surface area contributed by atoms with Gasteiger partial charge in [0.1, 0.15) is 0 Å². The lowest BCUT2D eigenvalue weighted by molar-refractivity contribution is -0.122. The number of amidine groups is 1. The van der Waals surface area contributed by atoms with Crippen LogP contribution in [0.3, 0.4) is 0 Å². The van der Waals surface area contributed by atoms with Crippen LogP contribution in [0, 0.1) is 0 Å². The van der Waals surface area contributed by atoms with Crippen molar-refractivity contribution in [2.75, 3.05) is 13.1 Å². The van der Waals surface area contributed by atoms with Gasteiger partial charge in [-0.05, 0) is 48.7 Å². The van der Waals surface area contributed by atoms with Crippen molar-refractivity contribution in [1.29, 1.82) is 0 Å². The van der Waals surface area contributed by atoms with Crippen molar-refractivity contribution in [3.05, 3.63) is 52.4 Å². The van der Waals surface area contributed by atoms with E-state index in [0.717, 1.165) is 60.0 Å². The van der Waals surface area contributed by atoms with Gasteiger partial charge in [-0.25, -0.2) is 0 Å². The maximum atomic E-state index is 12.8. The van der Waals surface area contributed by atoms with Crippen molar-refractivity contribution in [1.82, 2.24) is 4.90 Å². The lowest BCUT2D eigenvalue weighted by atomic mass is 10.1. The van der Waals surface area contributed by atoms with Crippen molar-refractivity contribution in [3.8, 4) is 0 Å². The van der Waals surface area contributed by atoms with Gasteiger partial charge in [0.05, 0.1) is 4.91 Å². The van der Waals surface area contributed by atoms with Gasteiger partial charge in [-0.1, -0.05) is 63.1 Å². The number of carbonyl (C=O) groups is 1. The summed E-state index contributed by atoms with van der Waals surface area (Å²) in [7, 11) is 0. The Bertz CT molecular complexity index is 662. The molecule has 0 atom stereocenters. The minimum absolute atomic E-state index is 0.0921. The van der Waals surface area contributed by atoms with Crippen molar-refractivity contribution in [2.24, 2.45) is 4.99 Å². The van der Waals surface area contributed by atoms with Crippen LogP contribution in [0.1, 0.15) is 52.0 Å². The summed E-state index contributed by atoms with van der Waals surface area (Å²) >= 11 is 1.51. The second-order valence-corrected chi connectivity index (χ2v) is 7.25. The molecule has 1 aromatic carbocycles. The van der Waals surface area contributed by atoms with Gasteiger partial charge in [0.25, 0.3) is 5.91 Å². The molecule has 1 aliphatic rings. The van der Waals surface area contributed by atoms with Gasteiger partial charge in [0, 0.05) is 13.1 Å². The predicted molar refractivity (Wildman–Crippen MR) is 110 cm³/mol. The number of rotatable bonds is 8. The number of hydrogen-bond donors (Lipinski definition) is 0. The molecule has 4 heteroatoms. The zero-order valence-corrected chi connectivity index (χ0v) is 16.3. The number of hydrogen-bond acceptors (Lipinski definition) is 3. The highest BCUT2D eigenvalue weighted by atomic mass is 32.2. The first-order valence-corrected chi connectivity index (χ1v) is 9.96. The average Bonchev–Trinajstić information content (AvgIpc) is 2.89. The molecule has 1 amide bonds. The Labute approximate surface area is 155 Å². The van der Waals surface area contributed by atoms with Gasteiger partial charge in [-0.2, -0.15) is 0 Å². The van der Waals surface area contributed by atoms with Gasteiger partial charge in [0.2, 0.25) is 0 Å². The molecular formula is C21H28N2OS. The Morgan fingerprint density at radius 2 is 1.88 bits per heavy atom. The monoisotopic (exact) mass is 356 g/mol. The third-order valence-corrected chi connectivity index (χ3v) is 4.98. The first-order valence-electron chi connectivity index (χ1n) is 9.15. The van der Waals surface area contributed by atoms with Crippen LogP contribution in [0.25, 0.3) is 6.08 Å². The van der Waals surface area contributed by atoms with E-state index in [1.807, 2.05) is 36.1 Å². The Balaban J connectivity index is 2.18. The van der Waals surface area contributed by atoms with Crippen molar-refractivity contribution < 1.29 is 4.79 Å². The molecule has 1 fully saturated rings. The number of nitrogens with zero attached hydrogens (tertiary/aromatic N) is 2. The minimum Gasteiger partial charge on any atom is -0.287 e. The zero-order valence-electron chi connectivity index (χ0n) is 15.5. The second-order valence-electron chi connectivity index (χ2n) is 6.24. The Morgan fingerprint density at radius 3 is 2.56 bits per heavy atom. The van der Waals surface area contributed by atoms with Gasteiger partial charge < -0.3 is 0 Å². The van der Waals surface area contributed by atoms with Crippen LogP contribution in [0.4, 0.5) is 0 Å². The third-order valence-electron chi connectivity index (χ3n) is 3.93. The first-order chi connectivity index (χ1) is 12.2. The largest absolute Gasteiger partial charge is 0.287 e. The lowest BCUT2D eigenvalue weighted by Crippen LogP contribution is -2.30. The average molecular weight is 357 g/mol. The van der Waals surface area contributed by atoms with Gasteiger partial charge >= 0.3 is 0 Å². The summed E-state index contributed by atoms with van der Waals surface area (Å²) in [5.74, 6) is 0.0921. The van der Waals surface area contributed by atoms with E-state index in [4.69, 9.17) is 0 Å². The Morgan fingerprint density at radius 1 is 1.16 bits per heavy atom. The summed E-state index contributed by atoms with van der Waals surface area (Å²) < 4.78 is 0. The molecule has 0 aromatic heterocycles. The molecule has 134 valence electrons. The van der Waals surface area contributed by atoms with Crippen LogP contribution in [0.2, 0.25) is 0 Å². The second kappa shape index (κ2) is 10.2. The van der Waals surface area contributed by atoms with Crippen LogP contribution in [0.5, 0.6) is 0 Å². The summed E-state index contributed by atoms with van der Waals surface area (Å²) in [4.78, 5) is 20.1. The predicted octanol–water partition coefficient (Wildman–Crippen LogP) is 5.51. The summed E-state index contributed by atoms with van der Waals surface area (Å²) in [6, 6.07) is 10.2. The van der Waals surface area contributed by atoms with E-state index in [9.17, 15) is 4.79 Å². The van der Waals surface area contributed by atoms with Crippen LogP contribution in [-0.2, 0) is 4.79 Å². The summed E-state index contributed by atoms with van der Waals surface area (Å²) in [6.07, 6.45) is 8.34. The highest BCUT2D eigenvalue weighted by Crippen LogP contribution is 2.32. The van der Waals surface area contributed by atoms with Gasteiger partial charge in [-0.3, -0.25) is 14.7 Å².